The van der Waals surface area contributed by atoms with Gasteiger partial charge in [0.05, 0.1) is 12.2 Å². The number of hydrogen-bond acceptors (Lipinski definition) is 5. The molecule has 2 unspecified atom stereocenters. The van der Waals surface area contributed by atoms with Crippen molar-refractivity contribution in [2.75, 3.05) is 6.61 Å². The first-order valence-corrected chi connectivity index (χ1v) is 14.0. The molecule has 0 radical (unpaired) electrons. The van der Waals surface area contributed by atoms with Gasteiger partial charge in [0.25, 0.3) is 5.91 Å². The summed E-state index contributed by atoms with van der Waals surface area (Å²) in [7, 11) is 0. The number of aryl methyl sites for hydroxylation is 1. The summed E-state index contributed by atoms with van der Waals surface area (Å²) in [5.74, 6) is 1.44. The average Bonchev–Trinajstić information content (AvgIpc) is 3.18. The van der Waals surface area contributed by atoms with Crippen LogP contribution in [0.15, 0.2) is 77.7 Å². The Bertz CT molecular complexity index is 1230. The molecule has 192 valence electrons. The van der Waals surface area contributed by atoms with Gasteiger partial charge in [0.1, 0.15) is 11.9 Å². The van der Waals surface area contributed by atoms with Crippen molar-refractivity contribution in [3.05, 3.63) is 95.1 Å². The van der Waals surface area contributed by atoms with Crippen LogP contribution in [0.5, 0.6) is 5.75 Å². The number of carbonyl (C=O) groups is 2. The SMILES string of the molecule is CCOC(=O)c1ccc(OC2CC3CCC(C2)N3C(=O)c2ccc(CSc3ccccc3C)cc2)cc1. The minimum Gasteiger partial charge on any atom is -0.490 e. The highest BCUT2D eigenvalue weighted by Crippen LogP contribution is 2.38. The van der Waals surface area contributed by atoms with E-state index in [1.807, 2.05) is 36.0 Å². The summed E-state index contributed by atoms with van der Waals surface area (Å²) in [5.41, 5.74) is 3.79. The highest BCUT2D eigenvalue weighted by Gasteiger charge is 2.44. The van der Waals surface area contributed by atoms with Gasteiger partial charge in [-0.05, 0) is 80.3 Å². The highest BCUT2D eigenvalue weighted by atomic mass is 32.2. The number of piperidine rings is 1. The lowest BCUT2D eigenvalue weighted by Gasteiger charge is -2.39. The molecule has 3 aromatic carbocycles. The average molecular weight is 516 g/mol. The number of benzene rings is 3. The monoisotopic (exact) mass is 515 g/mol. The quantitative estimate of drug-likeness (QED) is 0.247. The molecule has 0 saturated carbocycles. The third-order valence-corrected chi connectivity index (χ3v) is 8.53. The summed E-state index contributed by atoms with van der Waals surface area (Å²) in [5, 5.41) is 0. The van der Waals surface area contributed by atoms with Gasteiger partial charge in [0.15, 0.2) is 0 Å². The first-order valence-electron chi connectivity index (χ1n) is 13.1. The van der Waals surface area contributed by atoms with Crippen molar-refractivity contribution in [2.45, 2.75) is 68.4 Å². The van der Waals surface area contributed by atoms with E-state index in [0.29, 0.717) is 12.2 Å². The van der Waals surface area contributed by atoms with Crippen molar-refractivity contribution < 1.29 is 19.1 Å². The molecule has 0 aliphatic carbocycles. The number of ether oxygens (including phenoxy) is 2. The Morgan fingerprint density at radius 1 is 0.892 bits per heavy atom. The second-order valence-corrected chi connectivity index (χ2v) is 10.8. The van der Waals surface area contributed by atoms with Crippen LogP contribution in [0.4, 0.5) is 0 Å². The van der Waals surface area contributed by atoms with Gasteiger partial charge in [-0.1, -0.05) is 30.3 Å². The highest BCUT2D eigenvalue weighted by molar-refractivity contribution is 7.98. The molecule has 2 fully saturated rings. The molecule has 5 nitrogen and oxygen atoms in total. The molecule has 2 heterocycles. The summed E-state index contributed by atoms with van der Waals surface area (Å²) >= 11 is 1.83. The molecule has 0 N–H and O–H groups in total. The molecule has 5 rings (SSSR count). The molecular weight excluding hydrogens is 482 g/mol. The van der Waals surface area contributed by atoms with Gasteiger partial charge in [-0.25, -0.2) is 4.79 Å². The van der Waals surface area contributed by atoms with E-state index in [4.69, 9.17) is 9.47 Å². The molecule has 2 bridgehead atoms. The van der Waals surface area contributed by atoms with Crippen molar-refractivity contribution >= 4 is 23.6 Å². The number of carbonyl (C=O) groups excluding carboxylic acids is 2. The second-order valence-electron chi connectivity index (χ2n) is 9.80. The zero-order chi connectivity index (χ0) is 25.8. The van der Waals surface area contributed by atoms with Crippen LogP contribution in [0.25, 0.3) is 0 Å². The third kappa shape index (κ3) is 5.85. The Balaban J connectivity index is 1.17. The summed E-state index contributed by atoms with van der Waals surface area (Å²) < 4.78 is 11.3. The van der Waals surface area contributed by atoms with Gasteiger partial charge < -0.3 is 14.4 Å². The van der Waals surface area contributed by atoms with E-state index in [9.17, 15) is 9.59 Å². The Labute approximate surface area is 223 Å². The lowest BCUT2D eigenvalue weighted by molar-refractivity contribution is 0.0359. The first kappa shape index (κ1) is 25.4. The molecule has 2 aliphatic heterocycles. The van der Waals surface area contributed by atoms with Crippen LogP contribution in [0.2, 0.25) is 0 Å². The summed E-state index contributed by atoms with van der Waals surface area (Å²) in [6, 6.07) is 24.1. The number of amides is 1. The molecule has 0 aromatic heterocycles. The normalized spacial score (nSPS) is 20.5. The number of nitrogens with zero attached hydrogens (tertiary/aromatic N) is 1. The van der Waals surface area contributed by atoms with Gasteiger partial charge in [-0.15, -0.1) is 11.8 Å². The van der Waals surface area contributed by atoms with Crippen molar-refractivity contribution in [3.8, 4) is 5.75 Å². The zero-order valence-corrected chi connectivity index (χ0v) is 22.2. The van der Waals surface area contributed by atoms with E-state index in [1.54, 1.807) is 19.1 Å². The van der Waals surface area contributed by atoms with Crippen LogP contribution < -0.4 is 4.74 Å². The topological polar surface area (TPSA) is 55.8 Å². The fourth-order valence-corrected chi connectivity index (χ4v) is 6.39. The Morgan fingerprint density at radius 3 is 2.19 bits per heavy atom. The van der Waals surface area contributed by atoms with Crippen LogP contribution in [0, 0.1) is 6.92 Å². The fraction of sp³-hybridized carbons (Fsp3) is 0.355. The van der Waals surface area contributed by atoms with Crippen LogP contribution in [0.3, 0.4) is 0 Å². The Hall–Kier alpha value is -3.25. The van der Waals surface area contributed by atoms with Gasteiger partial charge in [0, 0.05) is 41.1 Å². The van der Waals surface area contributed by atoms with Crippen LogP contribution >= 0.6 is 11.8 Å². The Morgan fingerprint density at radius 2 is 1.54 bits per heavy atom. The summed E-state index contributed by atoms with van der Waals surface area (Å²) in [6.45, 7) is 4.28. The molecule has 2 atom stereocenters. The lowest BCUT2D eigenvalue weighted by atomic mass is 9.98. The van der Waals surface area contributed by atoms with Crippen LogP contribution in [-0.2, 0) is 10.5 Å². The molecule has 37 heavy (non-hydrogen) atoms. The Kier molecular flexibility index (Phi) is 7.85. The largest absolute Gasteiger partial charge is 0.490 e. The fourth-order valence-electron chi connectivity index (χ4n) is 5.40. The van der Waals surface area contributed by atoms with E-state index >= 15 is 0 Å². The molecule has 3 aromatic rings. The molecular formula is C31H33NO4S. The number of esters is 1. The van der Waals surface area contributed by atoms with Crippen molar-refractivity contribution in [2.24, 2.45) is 0 Å². The summed E-state index contributed by atoms with van der Waals surface area (Å²) in [6.07, 6.45) is 3.75. The second kappa shape index (κ2) is 11.4. The van der Waals surface area contributed by atoms with E-state index in [0.717, 1.165) is 42.7 Å². The van der Waals surface area contributed by atoms with Crippen LogP contribution in [0.1, 0.15) is 64.4 Å². The van der Waals surface area contributed by atoms with Crippen molar-refractivity contribution in [3.63, 3.8) is 0 Å². The number of hydrogen-bond donors (Lipinski definition) is 0. The minimum atomic E-state index is -0.322. The van der Waals surface area contributed by atoms with Crippen molar-refractivity contribution in [1.82, 2.24) is 4.90 Å². The molecule has 0 spiro atoms. The van der Waals surface area contributed by atoms with E-state index < -0.39 is 0 Å². The van der Waals surface area contributed by atoms with E-state index in [-0.39, 0.29) is 30.1 Å². The third-order valence-electron chi connectivity index (χ3n) is 7.28. The molecule has 1 amide bonds. The van der Waals surface area contributed by atoms with Gasteiger partial charge in [0.2, 0.25) is 0 Å². The molecule has 2 aliphatic rings. The lowest BCUT2D eigenvalue weighted by Crippen LogP contribution is -2.49. The van der Waals surface area contributed by atoms with Gasteiger partial charge in [-0.2, -0.15) is 0 Å². The van der Waals surface area contributed by atoms with Crippen LogP contribution in [-0.4, -0.2) is 41.6 Å². The predicted octanol–water partition coefficient (Wildman–Crippen LogP) is 6.68. The van der Waals surface area contributed by atoms with E-state index in [1.165, 1.54) is 16.0 Å². The standard InChI is InChI=1S/C31H33NO4S/c1-3-35-31(34)24-12-16-27(17-13-24)36-28-18-25-14-15-26(19-28)32(25)30(33)23-10-8-22(9-11-23)20-37-29-7-5-4-6-21(29)2/h4-13,16-17,25-26,28H,3,14-15,18-20H2,1-2H3. The predicted molar refractivity (Wildman–Crippen MR) is 146 cm³/mol. The molecule has 6 heteroatoms. The maximum atomic E-state index is 13.5. The first-order chi connectivity index (χ1) is 18.0. The maximum absolute atomic E-state index is 13.5. The maximum Gasteiger partial charge on any atom is 0.338 e. The van der Waals surface area contributed by atoms with Gasteiger partial charge >= 0.3 is 5.97 Å². The van der Waals surface area contributed by atoms with Crippen molar-refractivity contribution in [1.29, 1.82) is 0 Å². The minimum absolute atomic E-state index is 0.0656. The number of thioether (sulfide) groups is 1. The van der Waals surface area contributed by atoms with E-state index in [2.05, 4.69) is 48.2 Å². The molecule has 2 saturated heterocycles. The summed E-state index contributed by atoms with van der Waals surface area (Å²) in [4.78, 5) is 28.7. The number of rotatable bonds is 8. The van der Waals surface area contributed by atoms with Gasteiger partial charge in [-0.3, -0.25) is 4.79 Å². The zero-order valence-electron chi connectivity index (χ0n) is 21.4. The number of fused-ring (bicyclic) bond motifs is 2. The smallest absolute Gasteiger partial charge is 0.338 e.